The van der Waals surface area contributed by atoms with Gasteiger partial charge in [-0.2, -0.15) is 0 Å². The summed E-state index contributed by atoms with van der Waals surface area (Å²) in [5, 5.41) is 2.85. The van der Waals surface area contributed by atoms with E-state index in [1.165, 1.54) is 4.90 Å². The van der Waals surface area contributed by atoms with E-state index >= 15 is 0 Å². The van der Waals surface area contributed by atoms with Crippen LogP contribution in [0.5, 0.6) is 0 Å². The quantitative estimate of drug-likeness (QED) is 0.810. The third-order valence-electron chi connectivity index (χ3n) is 4.33. The molecule has 21 heavy (non-hydrogen) atoms. The highest BCUT2D eigenvalue weighted by atomic mass is 19.4. The lowest BCUT2D eigenvalue weighted by Gasteiger charge is -2.32. The summed E-state index contributed by atoms with van der Waals surface area (Å²) >= 11 is 0. The molecule has 0 bridgehead atoms. The van der Waals surface area contributed by atoms with Gasteiger partial charge in [0.25, 0.3) is 0 Å². The third kappa shape index (κ3) is 4.66. The van der Waals surface area contributed by atoms with Gasteiger partial charge in [0.15, 0.2) is 0 Å². The van der Waals surface area contributed by atoms with Gasteiger partial charge < -0.3 is 28.1 Å². The molecule has 0 aromatic rings. The highest BCUT2D eigenvalue weighted by Gasteiger charge is 2.31. The van der Waals surface area contributed by atoms with Gasteiger partial charge in [0.05, 0.1) is 0 Å². The van der Waals surface area contributed by atoms with E-state index in [2.05, 4.69) is 17.3 Å². The summed E-state index contributed by atoms with van der Waals surface area (Å²) < 4.78 is 37.7. The minimum Gasteiger partial charge on any atom is -0.445 e. The second-order valence-corrected chi connectivity index (χ2v) is 5.98. The number of urea groups is 1. The van der Waals surface area contributed by atoms with Crippen molar-refractivity contribution in [2.24, 2.45) is 5.92 Å². The van der Waals surface area contributed by atoms with Crippen LogP contribution >= 0.6 is 0 Å². The Kier molecular flexibility index (Phi) is 5.19. The zero-order valence-corrected chi connectivity index (χ0v) is 12.3. The minimum absolute atomic E-state index is 0.0514. The van der Waals surface area contributed by atoms with E-state index < -0.39 is 12.4 Å². The van der Waals surface area contributed by atoms with Gasteiger partial charge in [0, 0.05) is 19.6 Å². The predicted octanol–water partition coefficient (Wildman–Crippen LogP) is 2.06. The number of hydrogen-bond acceptors (Lipinski definition) is 2. The topological polar surface area (TPSA) is 35.6 Å². The Balaban J connectivity index is 1.74. The average Bonchev–Trinajstić information content (AvgIpc) is 2.45. The number of carbonyl (C=O) groups excluding carboxylic acids is 1. The highest BCUT2D eigenvalue weighted by molar-refractivity contribution is 6.66. The van der Waals surface area contributed by atoms with Gasteiger partial charge in [-0.15, -0.1) is 5.47 Å². The highest BCUT2D eigenvalue weighted by Crippen LogP contribution is 2.25. The molecule has 2 rings (SSSR count). The SMILES string of the molecule is CN1CCC(CNC(=O)N2CC=C([B-](F)(F)F)CC2)CC1. The van der Waals surface area contributed by atoms with E-state index in [0.29, 0.717) is 12.5 Å². The first-order valence-corrected chi connectivity index (χ1v) is 7.46. The average molecular weight is 304 g/mol. The summed E-state index contributed by atoms with van der Waals surface area (Å²) in [6.07, 6.45) is 3.15. The van der Waals surface area contributed by atoms with Crippen LogP contribution in [0.4, 0.5) is 17.7 Å². The van der Waals surface area contributed by atoms with Crippen LogP contribution in [0.1, 0.15) is 19.3 Å². The first-order chi connectivity index (χ1) is 9.86. The van der Waals surface area contributed by atoms with Crippen molar-refractivity contribution in [3.8, 4) is 0 Å². The zero-order valence-electron chi connectivity index (χ0n) is 12.3. The fourth-order valence-electron chi connectivity index (χ4n) is 2.78. The molecule has 0 radical (unpaired) electrons. The van der Waals surface area contributed by atoms with Crippen molar-refractivity contribution in [3.63, 3.8) is 0 Å². The lowest BCUT2D eigenvalue weighted by Crippen LogP contribution is -2.46. The van der Waals surface area contributed by atoms with Gasteiger partial charge in [-0.3, -0.25) is 0 Å². The number of nitrogens with one attached hydrogen (secondary N) is 1. The van der Waals surface area contributed by atoms with Crippen LogP contribution < -0.4 is 5.32 Å². The Bertz CT molecular complexity index is 406. The molecule has 1 fully saturated rings. The second-order valence-electron chi connectivity index (χ2n) is 5.98. The van der Waals surface area contributed by atoms with Gasteiger partial charge in [-0.25, -0.2) is 4.79 Å². The number of amides is 2. The van der Waals surface area contributed by atoms with Crippen LogP contribution in [-0.2, 0) is 0 Å². The zero-order chi connectivity index (χ0) is 15.5. The molecule has 4 nitrogen and oxygen atoms in total. The summed E-state index contributed by atoms with van der Waals surface area (Å²) in [5.41, 5.74) is -0.464. The number of rotatable bonds is 3. The molecule has 120 valence electrons. The largest absolute Gasteiger partial charge is 0.505 e. The van der Waals surface area contributed by atoms with Gasteiger partial charge in [-0.1, -0.05) is 6.08 Å². The molecule has 2 aliphatic heterocycles. The molecule has 0 aromatic carbocycles. The van der Waals surface area contributed by atoms with Crippen molar-refractivity contribution >= 4 is 13.0 Å². The van der Waals surface area contributed by atoms with E-state index in [1.807, 2.05) is 0 Å². The molecule has 0 aliphatic carbocycles. The van der Waals surface area contributed by atoms with E-state index in [0.717, 1.165) is 32.0 Å². The van der Waals surface area contributed by atoms with Gasteiger partial charge in [0.2, 0.25) is 0 Å². The Labute approximate surface area is 123 Å². The first kappa shape index (κ1) is 16.2. The lowest BCUT2D eigenvalue weighted by molar-refractivity contribution is 0.189. The van der Waals surface area contributed by atoms with Gasteiger partial charge >= 0.3 is 13.0 Å². The summed E-state index contributed by atoms with van der Waals surface area (Å²) in [6.45, 7) is -2.03. The fraction of sp³-hybridized carbons (Fsp3) is 0.769. The van der Waals surface area contributed by atoms with Crippen molar-refractivity contribution in [2.75, 3.05) is 39.8 Å². The molecule has 1 saturated heterocycles. The van der Waals surface area contributed by atoms with Crippen molar-refractivity contribution in [1.29, 1.82) is 0 Å². The van der Waals surface area contributed by atoms with Crippen LogP contribution in [0.25, 0.3) is 0 Å². The monoisotopic (exact) mass is 304 g/mol. The van der Waals surface area contributed by atoms with Crippen LogP contribution in [0, 0.1) is 5.92 Å². The summed E-state index contributed by atoms with van der Waals surface area (Å²) in [5.74, 6) is 0.472. The molecule has 1 N–H and O–H groups in total. The Morgan fingerprint density at radius 1 is 1.33 bits per heavy atom. The predicted molar refractivity (Wildman–Crippen MR) is 77.0 cm³/mol. The van der Waals surface area contributed by atoms with Crippen LogP contribution in [0.3, 0.4) is 0 Å². The lowest BCUT2D eigenvalue weighted by atomic mass is 9.76. The van der Waals surface area contributed by atoms with Crippen LogP contribution in [0.2, 0.25) is 0 Å². The third-order valence-corrected chi connectivity index (χ3v) is 4.33. The molecule has 0 atom stereocenters. The smallest absolute Gasteiger partial charge is 0.445 e. The maximum absolute atomic E-state index is 12.6. The Morgan fingerprint density at radius 3 is 2.52 bits per heavy atom. The molecule has 0 saturated carbocycles. The van der Waals surface area contributed by atoms with E-state index in [9.17, 15) is 17.7 Å². The number of likely N-dealkylation sites (tertiary alicyclic amines) is 1. The van der Waals surface area contributed by atoms with Crippen LogP contribution in [-0.4, -0.2) is 62.6 Å². The normalized spacial score (nSPS) is 22.1. The standard InChI is InChI=1S/C13H22BF3N3O/c1-19-6-2-11(3-7-19)10-18-13(21)20-8-4-12(5-9-20)14(15,16)17/h4,11H,2-3,5-10H2,1H3,(H,18,21)/q-1. The number of nitrogens with zero attached hydrogens (tertiary/aromatic N) is 2. The molecule has 0 unspecified atom stereocenters. The molecule has 2 heterocycles. The van der Waals surface area contributed by atoms with E-state index in [-0.39, 0.29) is 25.5 Å². The second kappa shape index (κ2) is 6.72. The number of carbonyl (C=O) groups is 1. The van der Waals surface area contributed by atoms with Gasteiger partial charge in [0.1, 0.15) is 0 Å². The summed E-state index contributed by atoms with van der Waals surface area (Å²) in [7, 11) is 2.08. The molecule has 0 spiro atoms. The first-order valence-electron chi connectivity index (χ1n) is 7.46. The molecule has 0 aromatic heterocycles. The summed E-state index contributed by atoms with van der Waals surface area (Å²) in [4.78, 5) is 15.7. The number of halogens is 3. The van der Waals surface area contributed by atoms with Crippen molar-refractivity contribution in [3.05, 3.63) is 11.5 Å². The maximum Gasteiger partial charge on any atom is 0.505 e. The Hall–Kier alpha value is -1.18. The molecule has 8 heteroatoms. The Morgan fingerprint density at radius 2 is 2.00 bits per heavy atom. The fourth-order valence-corrected chi connectivity index (χ4v) is 2.78. The van der Waals surface area contributed by atoms with E-state index in [1.54, 1.807) is 0 Å². The van der Waals surface area contributed by atoms with Crippen molar-refractivity contribution < 1.29 is 17.7 Å². The molecule has 2 aliphatic rings. The molecular formula is C13H22BF3N3O-. The number of piperidine rings is 1. The van der Waals surface area contributed by atoms with Crippen molar-refractivity contribution in [1.82, 2.24) is 15.1 Å². The molecular weight excluding hydrogens is 282 g/mol. The minimum atomic E-state index is -4.90. The van der Waals surface area contributed by atoms with Crippen molar-refractivity contribution in [2.45, 2.75) is 19.3 Å². The van der Waals surface area contributed by atoms with Gasteiger partial charge in [-0.05, 0) is 45.3 Å². The van der Waals surface area contributed by atoms with Crippen LogP contribution in [0.15, 0.2) is 11.5 Å². The molecule has 2 amide bonds. The number of hydrogen-bond donors (Lipinski definition) is 1. The summed E-state index contributed by atoms with van der Waals surface area (Å²) in [6, 6.07) is -0.251. The van der Waals surface area contributed by atoms with E-state index in [4.69, 9.17) is 0 Å². The maximum atomic E-state index is 12.6.